The second kappa shape index (κ2) is 6.58. The summed E-state index contributed by atoms with van der Waals surface area (Å²) in [6, 6.07) is 4.22. The largest absolute Gasteiger partial charge is 0.347 e. The van der Waals surface area contributed by atoms with Crippen molar-refractivity contribution in [1.82, 2.24) is 25.1 Å². The van der Waals surface area contributed by atoms with Crippen LogP contribution in [0.5, 0.6) is 0 Å². The Labute approximate surface area is 145 Å². The van der Waals surface area contributed by atoms with Crippen LogP contribution in [-0.2, 0) is 13.6 Å². The summed E-state index contributed by atoms with van der Waals surface area (Å²) in [5.41, 5.74) is 1.52. The molecule has 3 rings (SSSR count). The first-order valence-corrected chi connectivity index (χ1v) is 7.53. The number of benzene rings is 1. The van der Waals surface area contributed by atoms with Gasteiger partial charge in [-0.1, -0.05) is 17.7 Å². The van der Waals surface area contributed by atoms with Crippen molar-refractivity contribution in [3.63, 3.8) is 0 Å². The van der Waals surface area contributed by atoms with Gasteiger partial charge in [0.05, 0.1) is 5.02 Å². The van der Waals surface area contributed by atoms with Crippen molar-refractivity contribution in [2.24, 2.45) is 7.05 Å². The maximum absolute atomic E-state index is 13.1. The molecule has 1 aromatic carbocycles. The Bertz CT molecular complexity index is 929. The first-order chi connectivity index (χ1) is 11.5. The molecule has 0 saturated heterocycles. The van der Waals surface area contributed by atoms with Crippen LogP contribution in [0.4, 0.5) is 10.2 Å². The Morgan fingerprint density at radius 3 is 2.83 bits per heavy atom. The fraction of sp³-hybridized carbons (Fsp3) is 0.143. The van der Waals surface area contributed by atoms with Gasteiger partial charge >= 0.3 is 0 Å². The van der Waals surface area contributed by atoms with E-state index in [4.69, 9.17) is 23.4 Å². The zero-order valence-corrected chi connectivity index (χ0v) is 13.9. The van der Waals surface area contributed by atoms with Gasteiger partial charge in [0.15, 0.2) is 11.5 Å². The molecule has 1 amide bonds. The van der Waals surface area contributed by atoms with Gasteiger partial charge < -0.3 is 5.32 Å². The lowest BCUT2D eigenvalue weighted by atomic mass is 10.2. The Morgan fingerprint density at radius 1 is 1.33 bits per heavy atom. The first-order valence-electron chi connectivity index (χ1n) is 6.77. The number of nitrogens with one attached hydrogen (secondary N) is 2. The van der Waals surface area contributed by atoms with Crippen molar-refractivity contribution >= 4 is 46.1 Å². The van der Waals surface area contributed by atoms with E-state index in [1.165, 1.54) is 29.2 Å². The molecule has 7 nitrogen and oxygen atoms in total. The predicted molar refractivity (Wildman–Crippen MR) is 88.4 cm³/mol. The van der Waals surface area contributed by atoms with E-state index < -0.39 is 11.7 Å². The third-order valence-electron chi connectivity index (χ3n) is 3.36. The minimum Gasteiger partial charge on any atom is -0.347 e. The van der Waals surface area contributed by atoms with Crippen LogP contribution < -0.4 is 10.2 Å². The number of fused-ring (bicyclic) bond motifs is 1. The Kier molecular flexibility index (Phi) is 4.50. The monoisotopic (exact) mass is 368 g/mol. The number of nitrogens with zero attached hydrogens (tertiary/aromatic N) is 4. The zero-order chi connectivity index (χ0) is 17.3. The van der Waals surface area contributed by atoms with Gasteiger partial charge in [-0.05, 0) is 17.7 Å². The van der Waals surface area contributed by atoms with Crippen LogP contribution in [0.25, 0.3) is 11.0 Å². The minimum atomic E-state index is -0.515. The summed E-state index contributed by atoms with van der Waals surface area (Å²) >= 11 is 11.4. The van der Waals surface area contributed by atoms with Crippen molar-refractivity contribution in [3.05, 3.63) is 46.6 Å². The average Bonchev–Trinajstić information content (AvgIpc) is 2.90. The van der Waals surface area contributed by atoms with Gasteiger partial charge in [0.25, 0.3) is 5.91 Å². The standard InChI is InChI=1S/C14H11Cl2FN6O/c1-23-13(21-16)11-10(22-23)12(20-6-19-11)14(24)18-5-7-2-3-9(17)8(15)4-7/h2-4,6,21H,5H2,1H3,(H,18,24). The van der Waals surface area contributed by atoms with Gasteiger partial charge in [-0.2, -0.15) is 5.10 Å². The number of amides is 1. The van der Waals surface area contributed by atoms with Crippen molar-refractivity contribution in [2.75, 3.05) is 4.84 Å². The first kappa shape index (κ1) is 16.4. The van der Waals surface area contributed by atoms with Crippen molar-refractivity contribution in [2.45, 2.75) is 6.54 Å². The maximum Gasteiger partial charge on any atom is 0.272 e. The molecular formula is C14H11Cl2FN6O. The molecule has 0 atom stereocenters. The van der Waals surface area contributed by atoms with Gasteiger partial charge in [0, 0.05) is 25.4 Å². The van der Waals surface area contributed by atoms with E-state index in [0.717, 1.165) is 0 Å². The normalized spacial score (nSPS) is 10.8. The van der Waals surface area contributed by atoms with E-state index in [-0.39, 0.29) is 17.3 Å². The smallest absolute Gasteiger partial charge is 0.272 e. The molecule has 2 aromatic heterocycles. The second-order valence-electron chi connectivity index (χ2n) is 4.92. The fourth-order valence-corrected chi connectivity index (χ4v) is 2.60. The Morgan fingerprint density at radius 2 is 2.12 bits per heavy atom. The topological polar surface area (TPSA) is 84.7 Å². The number of anilines is 1. The highest BCUT2D eigenvalue weighted by Crippen LogP contribution is 2.22. The maximum atomic E-state index is 13.1. The molecule has 0 aliphatic carbocycles. The fourth-order valence-electron chi connectivity index (χ4n) is 2.19. The van der Waals surface area contributed by atoms with Crippen LogP contribution in [0.3, 0.4) is 0 Å². The molecule has 2 N–H and O–H groups in total. The second-order valence-corrected chi connectivity index (χ2v) is 5.51. The molecule has 3 aromatic rings. The highest BCUT2D eigenvalue weighted by atomic mass is 35.5. The highest BCUT2D eigenvalue weighted by molar-refractivity contribution is 6.30. The van der Waals surface area contributed by atoms with Crippen LogP contribution in [0.2, 0.25) is 5.02 Å². The van der Waals surface area contributed by atoms with E-state index in [2.05, 4.69) is 25.2 Å². The van der Waals surface area contributed by atoms with Gasteiger partial charge in [0.1, 0.15) is 23.2 Å². The molecule has 0 aliphatic rings. The number of aromatic nitrogens is 4. The predicted octanol–water partition coefficient (Wildman–Crippen LogP) is 2.65. The Balaban J connectivity index is 1.85. The van der Waals surface area contributed by atoms with Crippen LogP contribution >= 0.6 is 23.4 Å². The van der Waals surface area contributed by atoms with E-state index in [1.807, 2.05) is 0 Å². The summed E-state index contributed by atoms with van der Waals surface area (Å²) in [6.45, 7) is 0.164. The molecule has 0 aliphatic heterocycles. The Hall–Kier alpha value is -2.45. The lowest BCUT2D eigenvalue weighted by Gasteiger charge is -2.06. The molecule has 0 saturated carbocycles. The summed E-state index contributed by atoms with van der Waals surface area (Å²) < 4.78 is 14.6. The van der Waals surface area contributed by atoms with Gasteiger partial charge in [-0.25, -0.2) is 19.0 Å². The molecule has 0 bridgehead atoms. The molecule has 10 heteroatoms. The van der Waals surface area contributed by atoms with Crippen LogP contribution in [0.15, 0.2) is 24.5 Å². The quantitative estimate of drug-likeness (QED) is 0.691. The summed E-state index contributed by atoms with van der Waals surface area (Å²) in [4.78, 5) is 22.9. The van der Waals surface area contributed by atoms with Crippen LogP contribution in [0, 0.1) is 5.82 Å². The van der Waals surface area contributed by atoms with E-state index in [0.29, 0.717) is 22.4 Å². The highest BCUT2D eigenvalue weighted by Gasteiger charge is 2.19. The number of carbonyl (C=O) groups excluding carboxylic acids is 1. The number of carbonyl (C=O) groups is 1. The number of halogens is 3. The van der Waals surface area contributed by atoms with Crippen LogP contribution in [-0.4, -0.2) is 25.7 Å². The van der Waals surface area contributed by atoms with Gasteiger partial charge in [-0.15, -0.1) is 0 Å². The summed E-state index contributed by atoms with van der Waals surface area (Å²) in [5.74, 6) is -0.505. The molecular weight excluding hydrogens is 358 g/mol. The minimum absolute atomic E-state index is 0.00581. The summed E-state index contributed by atoms with van der Waals surface area (Å²) in [7, 11) is 1.66. The third kappa shape index (κ3) is 2.98. The summed E-state index contributed by atoms with van der Waals surface area (Å²) in [6.07, 6.45) is 1.26. The molecule has 124 valence electrons. The third-order valence-corrected chi connectivity index (χ3v) is 3.83. The van der Waals surface area contributed by atoms with Crippen molar-refractivity contribution in [3.8, 4) is 0 Å². The molecule has 2 heterocycles. The van der Waals surface area contributed by atoms with Crippen molar-refractivity contribution < 1.29 is 9.18 Å². The molecule has 0 spiro atoms. The number of hydrogen-bond donors (Lipinski definition) is 2. The lowest BCUT2D eigenvalue weighted by molar-refractivity contribution is 0.0947. The number of rotatable bonds is 4. The molecule has 0 radical (unpaired) electrons. The number of hydrogen-bond acceptors (Lipinski definition) is 5. The average molecular weight is 369 g/mol. The lowest BCUT2D eigenvalue weighted by Crippen LogP contribution is -2.24. The summed E-state index contributed by atoms with van der Waals surface area (Å²) in [5, 5.41) is 6.88. The van der Waals surface area contributed by atoms with E-state index in [9.17, 15) is 9.18 Å². The SMILES string of the molecule is Cn1nc2c(C(=O)NCc3ccc(F)c(Cl)c3)ncnc2c1NCl. The zero-order valence-electron chi connectivity index (χ0n) is 12.3. The van der Waals surface area contributed by atoms with Gasteiger partial charge in [-0.3, -0.25) is 9.63 Å². The van der Waals surface area contributed by atoms with Crippen LogP contribution in [0.1, 0.15) is 16.1 Å². The van der Waals surface area contributed by atoms with Gasteiger partial charge in [0.2, 0.25) is 0 Å². The van der Waals surface area contributed by atoms with Crippen molar-refractivity contribution in [1.29, 1.82) is 0 Å². The molecule has 0 unspecified atom stereocenters. The molecule has 0 fully saturated rings. The van der Waals surface area contributed by atoms with E-state index >= 15 is 0 Å². The molecule has 24 heavy (non-hydrogen) atoms. The van der Waals surface area contributed by atoms with E-state index in [1.54, 1.807) is 7.05 Å². The number of aryl methyl sites for hydroxylation is 1.